The molecule has 3 aromatic rings. The Kier molecular flexibility index (Phi) is 14.5. The Morgan fingerprint density at radius 3 is 1.95 bits per heavy atom. The third-order valence-corrected chi connectivity index (χ3v) is 5.66. The van der Waals surface area contributed by atoms with Crippen LogP contribution in [0.15, 0.2) is 60.7 Å². The van der Waals surface area contributed by atoms with E-state index in [1.807, 2.05) is 25.1 Å². The first-order valence-corrected chi connectivity index (χ1v) is 13.8. The second kappa shape index (κ2) is 17.6. The van der Waals surface area contributed by atoms with E-state index in [-0.39, 0.29) is 19.0 Å². The van der Waals surface area contributed by atoms with Gasteiger partial charge in [0.1, 0.15) is 11.5 Å². The smallest absolute Gasteiger partial charge is 0.305 e. The highest BCUT2D eigenvalue weighted by Gasteiger charge is 2.14. The zero-order valence-corrected chi connectivity index (χ0v) is 24.3. The van der Waals surface area contributed by atoms with Crippen LogP contribution in [0, 0.1) is 15.2 Å². The van der Waals surface area contributed by atoms with Crippen LogP contribution in [0.4, 0.5) is 8.78 Å². The maximum absolute atomic E-state index is 14.3. The largest absolute Gasteiger partial charge is 0.494 e. The molecule has 3 aromatic carbocycles. The summed E-state index contributed by atoms with van der Waals surface area (Å²) in [7, 11) is 0. The lowest BCUT2D eigenvalue weighted by molar-refractivity contribution is -0.143. The number of carbonyl (C=O) groups excluding carboxylic acids is 1. The molecule has 3 rings (SSSR count). The van der Waals surface area contributed by atoms with Crippen molar-refractivity contribution in [2.75, 3.05) is 26.4 Å². The quantitative estimate of drug-likeness (QED) is 0.107. The van der Waals surface area contributed by atoms with Crippen LogP contribution in [0.25, 0.3) is 11.1 Å². The number of hydrogen-bond donors (Lipinski definition) is 0. The van der Waals surface area contributed by atoms with Crippen LogP contribution in [-0.2, 0) is 9.53 Å². The average molecular weight is 641 g/mol. The summed E-state index contributed by atoms with van der Waals surface area (Å²) in [4.78, 5) is 11.2. The molecule has 38 heavy (non-hydrogen) atoms. The zero-order valence-electron chi connectivity index (χ0n) is 22.1. The molecule has 0 aliphatic rings. The van der Waals surface area contributed by atoms with Crippen molar-refractivity contribution in [3.63, 3.8) is 0 Å². The van der Waals surface area contributed by atoms with Gasteiger partial charge in [0, 0.05) is 9.99 Å². The van der Waals surface area contributed by atoms with Gasteiger partial charge in [-0.1, -0.05) is 32.0 Å². The molecule has 0 saturated heterocycles. The molecule has 0 unspecified atom stereocenters. The van der Waals surface area contributed by atoms with E-state index < -0.39 is 17.4 Å². The van der Waals surface area contributed by atoms with Crippen LogP contribution in [0.3, 0.4) is 0 Å². The number of carbonyl (C=O) groups is 1. The van der Waals surface area contributed by atoms with Gasteiger partial charge >= 0.3 is 5.97 Å². The Bertz CT molecular complexity index is 1120. The normalized spacial score (nSPS) is 10.3. The number of hydrogen-bond acceptors (Lipinski definition) is 5. The highest BCUT2D eigenvalue weighted by atomic mass is 127. The van der Waals surface area contributed by atoms with Crippen molar-refractivity contribution in [1.29, 1.82) is 0 Å². The fourth-order valence-corrected chi connectivity index (χ4v) is 3.76. The molecule has 0 atom stereocenters. The third kappa shape index (κ3) is 11.2. The number of esters is 1. The number of ether oxygens (including phenoxy) is 4. The summed E-state index contributed by atoms with van der Waals surface area (Å²) in [5, 5.41) is 0. The van der Waals surface area contributed by atoms with Crippen molar-refractivity contribution in [2.45, 2.75) is 46.5 Å². The van der Waals surface area contributed by atoms with Gasteiger partial charge < -0.3 is 18.9 Å². The molecule has 206 valence electrons. The summed E-state index contributed by atoms with van der Waals surface area (Å²) in [6, 6.07) is 17.6. The van der Waals surface area contributed by atoms with Gasteiger partial charge in [0.2, 0.25) is 0 Å². The van der Waals surface area contributed by atoms with Gasteiger partial charge in [0.05, 0.1) is 26.4 Å². The number of rotatable bonds is 13. The molecule has 0 amide bonds. The van der Waals surface area contributed by atoms with Gasteiger partial charge in [-0.15, -0.1) is 0 Å². The summed E-state index contributed by atoms with van der Waals surface area (Å²) < 4.78 is 50.8. The second-order valence-electron chi connectivity index (χ2n) is 8.21. The number of benzene rings is 3. The van der Waals surface area contributed by atoms with Crippen LogP contribution in [-0.4, -0.2) is 32.4 Å². The molecule has 0 heterocycles. The first kappa shape index (κ1) is 31.3. The molecule has 0 radical (unpaired) electrons. The maximum atomic E-state index is 14.3. The Labute approximate surface area is 237 Å². The Morgan fingerprint density at radius 2 is 1.37 bits per heavy atom. The van der Waals surface area contributed by atoms with Gasteiger partial charge in [-0.25, -0.2) is 8.78 Å². The summed E-state index contributed by atoms with van der Waals surface area (Å²) in [5.41, 5.74) is 1.04. The first-order chi connectivity index (χ1) is 18.4. The van der Waals surface area contributed by atoms with Crippen LogP contribution >= 0.6 is 22.6 Å². The molecule has 0 spiro atoms. The lowest BCUT2D eigenvalue weighted by Crippen LogP contribution is -2.08. The molecule has 0 aromatic heterocycles. The summed E-state index contributed by atoms with van der Waals surface area (Å²) in [6.45, 7) is 7.52. The van der Waals surface area contributed by atoms with E-state index in [1.165, 1.54) is 15.7 Å². The molecule has 5 nitrogen and oxygen atoms in total. The lowest BCUT2D eigenvalue weighted by atomic mass is 10.0. The Hall–Kier alpha value is -2.88. The molecule has 8 heteroatoms. The molecule has 0 fully saturated rings. The molecule has 0 aliphatic carbocycles. The van der Waals surface area contributed by atoms with E-state index in [9.17, 15) is 13.6 Å². The monoisotopic (exact) mass is 640 g/mol. The maximum Gasteiger partial charge on any atom is 0.305 e. The highest BCUT2D eigenvalue weighted by Crippen LogP contribution is 2.31. The van der Waals surface area contributed by atoms with Crippen molar-refractivity contribution in [3.8, 4) is 28.4 Å². The fourth-order valence-electron chi connectivity index (χ4n) is 3.25. The van der Waals surface area contributed by atoms with E-state index in [1.54, 1.807) is 31.2 Å². The summed E-state index contributed by atoms with van der Waals surface area (Å²) >= 11 is 2.28. The van der Waals surface area contributed by atoms with E-state index in [4.69, 9.17) is 18.9 Å². The van der Waals surface area contributed by atoms with Crippen molar-refractivity contribution in [2.24, 2.45) is 0 Å². The van der Waals surface area contributed by atoms with E-state index in [2.05, 4.69) is 35.6 Å². The lowest BCUT2D eigenvalue weighted by Gasteiger charge is -2.11. The van der Waals surface area contributed by atoms with Crippen molar-refractivity contribution in [3.05, 3.63) is 75.9 Å². The van der Waals surface area contributed by atoms with Gasteiger partial charge in [-0.3, -0.25) is 4.79 Å². The molecule has 0 N–H and O–H groups in total. The molecule has 0 bridgehead atoms. The first-order valence-electron chi connectivity index (χ1n) is 12.8. The standard InChI is InChI=1S/C21H24F2O4.C9H11IO/c1-3-10-26-17-8-5-7-15(12-17)16-13-18(22)21(19(23)14-16)27-11-6-9-20(24)25-4-2;1-2-6-11-9-5-3-4-8(10)7-9/h5,7-8,12-14H,3-4,6,9-11H2,1-2H3;3-5,7H,2,6H2,1H3. The Balaban J connectivity index is 0.000000384. The van der Waals surface area contributed by atoms with E-state index in [0.29, 0.717) is 36.5 Å². The minimum Gasteiger partial charge on any atom is -0.494 e. The van der Waals surface area contributed by atoms with Gasteiger partial charge in [0.25, 0.3) is 0 Å². The van der Waals surface area contributed by atoms with Crippen molar-refractivity contribution >= 4 is 28.6 Å². The number of halogens is 3. The van der Waals surface area contributed by atoms with Crippen LogP contribution in [0.5, 0.6) is 17.2 Å². The zero-order chi connectivity index (χ0) is 27.8. The molecular weight excluding hydrogens is 605 g/mol. The summed E-state index contributed by atoms with van der Waals surface area (Å²) in [6.07, 6.45) is 2.39. The summed E-state index contributed by atoms with van der Waals surface area (Å²) in [5.74, 6) is -0.765. The molecule has 0 aliphatic heterocycles. The van der Waals surface area contributed by atoms with E-state index >= 15 is 0 Å². The minimum atomic E-state index is -0.791. The van der Waals surface area contributed by atoms with E-state index in [0.717, 1.165) is 25.2 Å². The predicted molar refractivity (Wildman–Crippen MR) is 154 cm³/mol. The van der Waals surface area contributed by atoms with Gasteiger partial charge in [0.15, 0.2) is 17.4 Å². The van der Waals surface area contributed by atoms with Crippen LogP contribution in [0.1, 0.15) is 46.5 Å². The Morgan fingerprint density at radius 1 is 0.763 bits per heavy atom. The molecule has 0 saturated carbocycles. The van der Waals surface area contributed by atoms with Crippen LogP contribution < -0.4 is 14.2 Å². The average Bonchev–Trinajstić information content (AvgIpc) is 2.90. The van der Waals surface area contributed by atoms with Gasteiger partial charge in [-0.05, 0) is 102 Å². The van der Waals surface area contributed by atoms with Crippen molar-refractivity contribution < 1.29 is 32.5 Å². The highest BCUT2D eigenvalue weighted by molar-refractivity contribution is 14.1. The molecular formula is C30H35F2IO5. The van der Waals surface area contributed by atoms with Crippen molar-refractivity contribution in [1.82, 2.24) is 0 Å². The fraction of sp³-hybridized carbons (Fsp3) is 0.367. The topological polar surface area (TPSA) is 54.0 Å². The van der Waals surface area contributed by atoms with Gasteiger partial charge in [-0.2, -0.15) is 0 Å². The predicted octanol–water partition coefficient (Wildman–Crippen LogP) is 8.22. The minimum absolute atomic E-state index is 0.0202. The van der Waals surface area contributed by atoms with Crippen LogP contribution in [0.2, 0.25) is 0 Å². The second-order valence-corrected chi connectivity index (χ2v) is 9.45. The SMILES string of the molecule is CCCOc1cccc(-c2cc(F)c(OCCCC(=O)OCC)c(F)c2)c1.CCCOc1cccc(I)c1. The third-order valence-electron chi connectivity index (χ3n) is 4.98.